The minimum absolute atomic E-state index is 0.0150. The summed E-state index contributed by atoms with van der Waals surface area (Å²) in [5.74, 6) is -0.186. The summed E-state index contributed by atoms with van der Waals surface area (Å²) in [6.07, 6.45) is 4.06. The van der Waals surface area contributed by atoms with Crippen molar-refractivity contribution in [3.05, 3.63) is 35.4 Å². The number of hydrogen-bond acceptors (Lipinski definition) is 5. The maximum absolute atomic E-state index is 12.3. The zero-order valence-electron chi connectivity index (χ0n) is 17.8. The van der Waals surface area contributed by atoms with E-state index in [0.717, 1.165) is 44.3 Å². The minimum Gasteiger partial charge on any atom is -0.466 e. The van der Waals surface area contributed by atoms with Crippen LogP contribution in [0.5, 0.6) is 0 Å². The number of likely N-dealkylation sites (N-methyl/N-ethyl adjacent to an activating group) is 1. The van der Waals surface area contributed by atoms with Gasteiger partial charge in [-0.15, -0.1) is 0 Å². The molecule has 5 nitrogen and oxygen atoms in total. The number of nitrogens with zero attached hydrogens (tertiary/aromatic N) is 1. The van der Waals surface area contributed by atoms with Crippen molar-refractivity contribution in [3.63, 3.8) is 0 Å². The molecule has 156 valence electrons. The fourth-order valence-electron chi connectivity index (χ4n) is 3.88. The van der Waals surface area contributed by atoms with E-state index < -0.39 is 0 Å². The summed E-state index contributed by atoms with van der Waals surface area (Å²) in [7, 11) is 0. The van der Waals surface area contributed by atoms with E-state index >= 15 is 0 Å². The number of rotatable bonds is 10. The van der Waals surface area contributed by atoms with Gasteiger partial charge in [-0.1, -0.05) is 38.1 Å². The zero-order chi connectivity index (χ0) is 20.5. The normalized spacial score (nSPS) is 20.2. The molecule has 1 aliphatic rings. The number of esters is 2. The predicted octanol–water partition coefficient (Wildman–Crippen LogP) is 3.95. The molecule has 0 radical (unpaired) electrons. The van der Waals surface area contributed by atoms with Gasteiger partial charge < -0.3 is 9.47 Å². The summed E-state index contributed by atoms with van der Waals surface area (Å²) < 4.78 is 10.9. The average molecular weight is 390 g/mol. The third-order valence-electron chi connectivity index (χ3n) is 5.74. The van der Waals surface area contributed by atoms with Crippen LogP contribution in [0.15, 0.2) is 24.3 Å². The highest BCUT2D eigenvalue weighted by Gasteiger charge is 2.30. The van der Waals surface area contributed by atoms with Gasteiger partial charge in [-0.25, -0.2) is 0 Å². The van der Waals surface area contributed by atoms with Crippen molar-refractivity contribution < 1.29 is 19.1 Å². The third kappa shape index (κ3) is 6.33. The van der Waals surface area contributed by atoms with Gasteiger partial charge in [0.25, 0.3) is 0 Å². The Balaban J connectivity index is 1.91. The van der Waals surface area contributed by atoms with E-state index in [2.05, 4.69) is 30.9 Å². The van der Waals surface area contributed by atoms with Crippen LogP contribution in [0.1, 0.15) is 64.0 Å². The van der Waals surface area contributed by atoms with Crippen molar-refractivity contribution in [3.8, 4) is 0 Å². The van der Waals surface area contributed by atoms with Gasteiger partial charge in [0.15, 0.2) is 0 Å². The van der Waals surface area contributed by atoms with Crippen molar-refractivity contribution in [2.75, 3.05) is 26.2 Å². The molecule has 0 aromatic heterocycles. The standard InChI is InChI=1S/C23H35NO4/c1-5-24(6-2)16-22(25)28-21-10-8-9-20(21)15-18-11-13-19(14-12-18)17(4)23(26)27-7-3/h11-14,17,20-21H,5-10,15-16H2,1-4H3/t17-,20+,21-/m0/s1. The van der Waals surface area contributed by atoms with E-state index in [1.807, 2.05) is 26.0 Å². The van der Waals surface area contributed by atoms with Crippen molar-refractivity contribution in [1.82, 2.24) is 4.90 Å². The van der Waals surface area contributed by atoms with Gasteiger partial charge in [-0.2, -0.15) is 0 Å². The molecule has 0 aliphatic heterocycles. The molecule has 0 spiro atoms. The molecule has 0 heterocycles. The topological polar surface area (TPSA) is 55.8 Å². The van der Waals surface area contributed by atoms with E-state index in [0.29, 0.717) is 19.1 Å². The smallest absolute Gasteiger partial charge is 0.320 e. The van der Waals surface area contributed by atoms with Gasteiger partial charge in [0.05, 0.1) is 19.1 Å². The Morgan fingerprint density at radius 1 is 1.11 bits per heavy atom. The SMILES string of the molecule is CCOC(=O)[C@@H](C)c1ccc(C[C@H]2CCC[C@@H]2OC(=O)CN(CC)CC)cc1. The predicted molar refractivity (Wildman–Crippen MR) is 110 cm³/mol. The van der Waals surface area contributed by atoms with Crippen LogP contribution < -0.4 is 0 Å². The fourth-order valence-corrected chi connectivity index (χ4v) is 3.88. The number of hydrogen-bond donors (Lipinski definition) is 0. The molecule has 1 aliphatic carbocycles. The first-order chi connectivity index (χ1) is 13.5. The summed E-state index contributed by atoms with van der Waals surface area (Å²) >= 11 is 0. The van der Waals surface area contributed by atoms with Gasteiger partial charge in [-0.3, -0.25) is 14.5 Å². The van der Waals surface area contributed by atoms with Crippen LogP contribution in [-0.2, 0) is 25.5 Å². The Bertz CT molecular complexity index is 624. The fraction of sp³-hybridized carbons (Fsp3) is 0.652. The number of carbonyl (C=O) groups is 2. The maximum Gasteiger partial charge on any atom is 0.320 e. The molecule has 3 atom stereocenters. The second-order valence-electron chi connectivity index (χ2n) is 7.60. The van der Waals surface area contributed by atoms with Crippen molar-refractivity contribution in [1.29, 1.82) is 0 Å². The Kier molecular flexibility index (Phi) is 8.97. The molecule has 0 amide bonds. The van der Waals surface area contributed by atoms with E-state index in [-0.39, 0.29) is 24.0 Å². The highest BCUT2D eigenvalue weighted by molar-refractivity contribution is 5.77. The first-order valence-electron chi connectivity index (χ1n) is 10.7. The number of ether oxygens (including phenoxy) is 2. The van der Waals surface area contributed by atoms with E-state index in [4.69, 9.17) is 9.47 Å². The van der Waals surface area contributed by atoms with Crippen LogP contribution in [0.4, 0.5) is 0 Å². The molecule has 5 heteroatoms. The molecular formula is C23H35NO4. The van der Waals surface area contributed by atoms with E-state index in [9.17, 15) is 9.59 Å². The Hall–Kier alpha value is -1.88. The second-order valence-corrected chi connectivity index (χ2v) is 7.60. The van der Waals surface area contributed by atoms with Gasteiger partial charge in [0.1, 0.15) is 6.10 Å². The summed E-state index contributed by atoms with van der Waals surface area (Å²) in [5.41, 5.74) is 2.19. The monoisotopic (exact) mass is 389 g/mol. The van der Waals surface area contributed by atoms with Crippen molar-refractivity contribution in [2.24, 2.45) is 5.92 Å². The first kappa shape index (κ1) is 22.4. The highest BCUT2D eigenvalue weighted by atomic mass is 16.5. The number of carbonyl (C=O) groups excluding carboxylic acids is 2. The van der Waals surface area contributed by atoms with E-state index in [1.54, 1.807) is 0 Å². The van der Waals surface area contributed by atoms with Crippen LogP contribution in [0.3, 0.4) is 0 Å². The molecule has 0 unspecified atom stereocenters. The van der Waals surface area contributed by atoms with Gasteiger partial charge >= 0.3 is 11.9 Å². The summed E-state index contributed by atoms with van der Waals surface area (Å²) in [6.45, 7) is 10.3. The lowest BCUT2D eigenvalue weighted by molar-refractivity contribution is -0.152. The van der Waals surface area contributed by atoms with Crippen LogP contribution in [0, 0.1) is 5.92 Å². The average Bonchev–Trinajstić information content (AvgIpc) is 3.12. The molecule has 0 saturated heterocycles. The molecule has 0 N–H and O–H groups in total. The van der Waals surface area contributed by atoms with Crippen LogP contribution in [-0.4, -0.2) is 49.2 Å². The molecule has 0 bridgehead atoms. The Morgan fingerprint density at radius 2 is 1.79 bits per heavy atom. The summed E-state index contributed by atoms with van der Waals surface area (Å²) in [4.78, 5) is 26.2. The molecule has 1 saturated carbocycles. The first-order valence-corrected chi connectivity index (χ1v) is 10.7. The molecular weight excluding hydrogens is 354 g/mol. The van der Waals surface area contributed by atoms with Gasteiger partial charge in [0, 0.05) is 0 Å². The quantitative estimate of drug-likeness (QED) is 0.567. The van der Waals surface area contributed by atoms with Gasteiger partial charge in [0.2, 0.25) is 0 Å². The summed E-state index contributed by atoms with van der Waals surface area (Å²) in [5, 5.41) is 0. The van der Waals surface area contributed by atoms with E-state index in [1.165, 1.54) is 5.56 Å². The maximum atomic E-state index is 12.3. The van der Waals surface area contributed by atoms with Crippen LogP contribution in [0.2, 0.25) is 0 Å². The minimum atomic E-state index is -0.255. The van der Waals surface area contributed by atoms with Crippen molar-refractivity contribution >= 4 is 11.9 Å². The van der Waals surface area contributed by atoms with Crippen molar-refractivity contribution in [2.45, 2.75) is 65.4 Å². The third-order valence-corrected chi connectivity index (χ3v) is 5.74. The molecule has 2 rings (SSSR count). The molecule has 28 heavy (non-hydrogen) atoms. The summed E-state index contributed by atoms with van der Waals surface area (Å²) in [6, 6.07) is 8.18. The molecule has 1 aromatic carbocycles. The molecule has 1 fully saturated rings. The number of benzene rings is 1. The lowest BCUT2D eigenvalue weighted by atomic mass is 9.93. The highest BCUT2D eigenvalue weighted by Crippen LogP contribution is 2.31. The molecule has 1 aromatic rings. The second kappa shape index (κ2) is 11.2. The van der Waals surface area contributed by atoms with Crippen LogP contribution in [0.25, 0.3) is 0 Å². The lowest BCUT2D eigenvalue weighted by Crippen LogP contribution is -2.33. The van der Waals surface area contributed by atoms with Crippen LogP contribution >= 0.6 is 0 Å². The lowest BCUT2D eigenvalue weighted by Gasteiger charge is -2.23. The largest absolute Gasteiger partial charge is 0.466 e. The van der Waals surface area contributed by atoms with Gasteiger partial charge in [-0.05, 0) is 69.7 Å². The Morgan fingerprint density at radius 3 is 2.39 bits per heavy atom. The Labute approximate surface area is 169 Å². The zero-order valence-corrected chi connectivity index (χ0v) is 17.8.